The van der Waals surface area contributed by atoms with Gasteiger partial charge < -0.3 is 14.4 Å². The Kier molecular flexibility index (Phi) is 4.85. The van der Waals surface area contributed by atoms with Crippen LogP contribution in [0.15, 0.2) is 11.6 Å². The molecule has 0 saturated carbocycles. The van der Waals surface area contributed by atoms with Crippen molar-refractivity contribution in [2.75, 3.05) is 52.6 Å². The summed E-state index contributed by atoms with van der Waals surface area (Å²) in [6.07, 6.45) is 4.11. The molecule has 132 valence electrons. The van der Waals surface area contributed by atoms with E-state index in [1.54, 1.807) is 11.3 Å². The van der Waals surface area contributed by atoms with E-state index in [0.717, 1.165) is 63.8 Å². The summed E-state index contributed by atoms with van der Waals surface area (Å²) in [5.74, 6) is 0.636. The van der Waals surface area contributed by atoms with Crippen molar-refractivity contribution in [1.29, 1.82) is 0 Å². The number of fused-ring (bicyclic) bond motifs is 1. The fourth-order valence-corrected chi connectivity index (χ4v) is 4.85. The molecule has 0 aliphatic carbocycles. The smallest absolute Gasteiger partial charge is 0.248 e. The molecule has 0 radical (unpaired) electrons. The van der Waals surface area contributed by atoms with E-state index in [1.807, 2.05) is 16.5 Å². The fourth-order valence-electron chi connectivity index (χ4n) is 4.19. The Morgan fingerprint density at radius 3 is 3.12 bits per heavy atom. The second-order valence-corrected chi connectivity index (χ2v) is 8.23. The van der Waals surface area contributed by atoms with Crippen LogP contribution in [-0.2, 0) is 20.8 Å². The summed E-state index contributed by atoms with van der Waals surface area (Å²) in [4.78, 5) is 20.9. The Balaban J connectivity index is 1.30. The maximum absolute atomic E-state index is 12.1. The number of hydrogen-bond acceptors (Lipinski definition) is 6. The Hall–Kier alpha value is -1.02. The van der Waals surface area contributed by atoms with E-state index in [4.69, 9.17) is 9.47 Å². The number of ether oxygens (including phenoxy) is 2. The summed E-state index contributed by atoms with van der Waals surface area (Å²) in [5.41, 5.74) is 0.0442. The molecule has 6 nitrogen and oxygen atoms in total. The van der Waals surface area contributed by atoms with Crippen molar-refractivity contribution in [3.63, 3.8) is 0 Å². The predicted molar refractivity (Wildman–Crippen MR) is 90.8 cm³/mol. The third kappa shape index (κ3) is 3.35. The van der Waals surface area contributed by atoms with Gasteiger partial charge in [-0.3, -0.25) is 9.69 Å². The van der Waals surface area contributed by atoms with Gasteiger partial charge in [0.1, 0.15) is 11.6 Å². The second kappa shape index (κ2) is 7.07. The minimum absolute atomic E-state index is 0.0442. The third-order valence-corrected chi connectivity index (χ3v) is 6.27. The molecule has 1 aromatic heterocycles. The van der Waals surface area contributed by atoms with Crippen molar-refractivity contribution in [2.24, 2.45) is 11.3 Å². The molecule has 2 atom stereocenters. The molecule has 3 aliphatic heterocycles. The van der Waals surface area contributed by atoms with E-state index in [2.05, 4.69) is 9.88 Å². The Morgan fingerprint density at radius 1 is 1.46 bits per heavy atom. The normalized spacial score (nSPS) is 30.2. The molecule has 0 aromatic carbocycles. The topological polar surface area (TPSA) is 54.9 Å². The first kappa shape index (κ1) is 16.4. The highest BCUT2D eigenvalue weighted by Gasteiger charge is 2.50. The lowest BCUT2D eigenvalue weighted by molar-refractivity contribution is -0.136. The number of amides is 1. The van der Waals surface area contributed by atoms with Crippen LogP contribution in [0.3, 0.4) is 0 Å². The molecule has 7 heteroatoms. The molecule has 3 fully saturated rings. The first-order valence-corrected chi connectivity index (χ1v) is 9.67. The lowest BCUT2D eigenvalue weighted by atomic mass is 9.82. The molecule has 0 N–H and O–H groups in total. The summed E-state index contributed by atoms with van der Waals surface area (Å²) in [7, 11) is 0. The van der Waals surface area contributed by atoms with Crippen LogP contribution in [0.25, 0.3) is 0 Å². The number of nitrogens with zero attached hydrogens (tertiary/aromatic N) is 3. The average molecular weight is 351 g/mol. The van der Waals surface area contributed by atoms with Gasteiger partial charge in [-0.25, -0.2) is 4.98 Å². The van der Waals surface area contributed by atoms with E-state index >= 15 is 0 Å². The van der Waals surface area contributed by atoms with Gasteiger partial charge in [0.05, 0.1) is 26.4 Å². The van der Waals surface area contributed by atoms with E-state index in [9.17, 15) is 4.79 Å². The molecule has 24 heavy (non-hydrogen) atoms. The molecule has 0 spiro atoms. The van der Waals surface area contributed by atoms with Crippen LogP contribution in [0.1, 0.15) is 17.8 Å². The van der Waals surface area contributed by atoms with Crippen LogP contribution in [-0.4, -0.2) is 73.3 Å². The maximum atomic E-state index is 12.1. The largest absolute Gasteiger partial charge is 0.380 e. The quantitative estimate of drug-likeness (QED) is 0.772. The molecule has 4 rings (SSSR count). The van der Waals surface area contributed by atoms with Crippen molar-refractivity contribution >= 4 is 17.2 Å². The molecule has 0 bridgehead atoms. The summed E-state index contributed by atoms with van der Waals surface area (Å²) in [5, 5.41) is 3.19. The van der Waals surface area contributed by atoms with Gasteiger partial charge in [0, 0.05) is 49.1 Å². The van der Waals surface area contributed by atoms with Crippen molar-refractivity contribution in [3.05, 3.63) is 16.6 Å². The van der Waals surface area contributed by atoms with Crippen LogP contribution in [0, 0.1) is 11.3 Å². The molecule has 1 aromatic rings. The maximum Gasteiger partial charge on any atom is 0.248 e. The van der Waals surface area contributed by atoms with Gasteiger partial charge in [-0.2, -0.15) is 0 Å². The predicted octanol–water partition coefficient (Wildman–Crippen LogP) is 1.23. The minimum Gasteiger partial charge on any atom is -0.380 e. The van der Waals surface area contributed by atoms with E-state index in [-0.39, 0.29) is 17.9 Å². The van der Waals surface area contributed by atoms with Gasteiger partial charge >= 0.3 is 0 Å². The van der Waals surface area contributed by atoms with Gasteiger partial charge in [0.15, 0.2) is 0 Å². The molecule has 4 heterocycles. The Labute approximate surface area is 146 Å². The van der Waals surface area contributed by atoms with Gasteiger partial charge in [-0.1, -0.05) is 0 Å². The third-order valence-electron chi connectivity index (χ3n) is 5.51. The highest BCUT2D eigenvalue weighted by atomic mass is 32.1. The highest BCUT2D eigenvalue weighted by Crippen LogP contribution is 2.42. The second-order valence-electron chi connectivity index (χ2n) is 7.25. The van der Waals surface area contributed by atoms with Crippen LogP contribution in [0.2, 0.25) is 0 Å². The summed E-state index contributed by atoms with van der Waals surface area (Å²) in [6.45, 7) is 7.05. The standard InChI is InChI=1S/C17H25N3O3S/c21-16(20-4-1-2-5-20)10-23-13-17-11-19(7-14(17)9-22-12-17)8-15-18-3-6-24-15/h3,6,14H,1-2,4-5,7-13H2/t14-,17+/m1/s1. The number of carbonyl (C=O) groups excluding carboxylic acids is 1. The summed E-state index contributed by atoms with van der Waals surface area (Å²) >= 11 is 1.71. The van der Waals surface area contributed by atoms with Crippen LogP contribution < -0.4 is 0 Å². The zero-order valence-electron chi connectivity index (χ0n) is 14.0. The van der Waals surface area contributed by atoms with Gasteiger partial charge in [0.2, 0.25) is 5.91 Å². The lowest BCUT2D eigenvalue weighted by Gasteiger charge is -2.27. The summed E-state index contributed by atoms with van der Waals surface area (Å²) < 4.78 is 11.6. The van der Waals surface area contributed by atoms with Crippen molar-refractivity contribution in [3.8, 4) is 0 Å². The molecule has 3 saturated heterocycles. The van der Waals surface area contributed by atoms with Crippen molar-refractivity contribution in [1.82, 2.24) is 14.8 Å². The molecule has 0 unspecified atom stereocenters. The number of carbonyl (C=O) groups is 1. The van der Waals surface area contributed by atoms with Crippen LogP contribution in [0.4, 0.5) is 0 Å². The SMILES string of the molecule is O=C(COC[C@]12COC[C@H]1CN(Cc1nccs1)C2)N1CCCC1. The van der Waals surface area contributed by atoms with Crippen LogP contribution in [0.5, 0.6) is 0 Å². The monoisotopic (exact) mass is 351 g/mol. The van der Waals surface area contributed by atoms with Crippen molar-refractivity contribution in [2.45, 2.75) is 19.4 Å². The molecular formula is C17H25N3O3S. The van der Waals surface area contributed by atoms with Gasteiger partial charge in [-0.15, -0.1) is 11.3 Å². The average Bonchev–Trinajstić information content (AvgIpc) is 3.32. The van der Waals surface area contributed by atoms with Gasteiger partial charge in [0.25, 0.3) is 0 Å². The number of thiazole rings is 1. The number of aromatic nitrogens is 1. The zero-order valence-corrected chi connectivity index (χ0v) is 14.8. The molecule has 1 amide bonds. The van der Waals surface area contributed by atoms with Crippen LogP contribution >= 0.6 is 11.3 Å². The first-order chi connectivity index (χ1) is 11.8. The van der Waals surface area contributed by atoms with Gasteiger partial charge in [-0.05, 0) is 12.8 Å². The number of likely N-dealkylation sites (tertiary alicyclic amines) is 2. The summed E-state index contributed by atoms with van der Waals surface area (Å²) in [6, 6.07) is 0. The van der Waals surface area contributed by atoms with E-state index in [0.29, 0.717) is 12.5 Å². The Bertz CT molecular complexity index is 561. The van der Waals surface area contributed by atoms with E-state index < -0.39 is 0 Å². The highest BCUT2D eigenvalue weighted by molar-refractivity contribution is 7.09. The lowest BCUT2D eigenvalue weighted by Crippen LogP contribution is -2.38. The number of rotatable bonds is 6. The number of hydrogen-bond donors (Lipinski definition) is 0. The molecular weight excluding hydrogens is 326 g/mol. The Morgan fingerprint density at radius 2 is 2.33 bits per heavy atom. The first-order valence-electron chi connectivity index (χ1n) is 8.79. The van der Waals surface area contributed by atoms with Crippen molar-refractivity contribution < 1.29 is 14.3 Å². The minimum atomic E-state index is 0.0442. The molecule has 3 aliphatic rings. The van der Waals surface area contributed by atoms with E-state index in [1.165, 1.54) is 0 Å². The zero-order chi connectivity index (χ0) is 16.4. The fraction of sp³-hybridized carbons (Fsp3) is 0.765.